The molecule has 0 unspecified atom stereocenters. The zero-order valence-corrected chi connectivity index (χ0v) is 18.3. The molecule has 3 aromatic carbocycles. The van der Waals surface area contributed by atoms with Crippen LogP contribution in [0.4, 0.5) is 5.69 Å². The number of nitrogens with one attached hydrogen (secondary N) is 1. The van der Waals surface area contributed by atoms with Crippen LogP contribution in [0.2, 0.25) is 5.02 Å². The van der Waals surface area contributed by atoms with Crippen molar-refractivity contribution in [1.29, 1.82) is 0 Å². The number of nitrogens with zero attached hydrogens (tertiary/aromatic N) is 3. The highest BCUT2D eigenvalue weighted by Gasteiger charge is 2.15. The maximum Gasteiger partial charge on any atom is 0.225 e. The molecule has 0 aliphatic heterocycles. The molecule has 0 saturated carbocycles. The van der Waals surface area contributed by atoms with Crippen molar-refractivity contribution in [3.8, 4) is 5.69 Å². The number of aromatic nitrogens is 3. The van der Waals surface area contributed by atoms with Crippen LogP contribution in [0.3, 0.4) is 0 Å². The lowest BCUT2D eigenvalue weighted by Crippen LogP contribution is -2.12. The van der Waals surface area contributed by atoms with Gasteiger partial charge in [-0.1, -0.05) is 71.9 Å². The van der Waals surface area contributed by atoms with Crippen molar-refractivity contribution < 1.29 is 4.79 Å². The summed E-state index contributed by atoms with van der Waals surface area (Å²) in [5.74, 6) is 1.40. The van der Waals surface area contributed by atoms with Crippen LogP contribution in [0, 0.1) is 0 Å². The van der Waals surface area contributed by atoms with Crippen LogP contribution in [-0.2, 0) is 11.2 Å². The highest BCUT2D eigenvalue weighted by molar-refractivity contribution is 7.99. The molecule has 31 heavy (non-hydrogen) atoms. The molecule has 4 rings (SSSR count). The summed E-state index contributed by atoms with van der Waals surface area (Å²) in [5, 5.41) is 13.2. The van der Waals surface area contributed by atoms with Crippen LogP contribution in [-0.4, -0.2) is 26.4 Å². The van der Waals surface area contributed by atoms with Gasteiger partial charge in [0.05, 0.1) is 0 Å². The zero-order chi connectivity index (χ0) is 21.5. The molecule has 156 valence electrons. The summed E-state index contributed by atoms with van der Waals surface area (Å²) < 4.78 is 2.03. The molecule has 0 aliphatic rings. The van der Waals surface area contributed by atoms with E-state index in [9.17, 15) is 4.79 Å². The highest BCUT2D eigenvalue weighted by Crippen LogP contribution is 2.25. The molecule has 0 bridgehead atoms. The van der Waals surface area contributed by atoms with Gasteiger partial charge in [-0.15, -0.1) is 10.2 Å². The number of halogens is 1. The standard InChI is InChI=1S/C24H21ClN4OS/c25-19-11-13-21(14-12-19)29-22(17-18-7-3-1-4-8-18)27-28-24(29)31-16-15-23(30)26-20-9-5-2-6-10-20/h1-14H,15-17H2,(H,26,30). The van der Waals surface area contributed by atoms with E-state index >= 15 is 0 Å². The lowest BCUT2D eigenvalue weighted by atomic mass is 10.1. The van der Waals surface area contributed by atoms with Crippen LogP contribution in [0.1, 0.15) is 17.8 Å². The van der Waals surface area contributed by atoms with Gasteiger partial charge in [-0.2, -0.15) is 0 Å². The number of hydrogen-bond donors (Lipinski definition) is 1. The van der Waals surface area contributed by atoms with E-state index in [4.69, 9.17) is 11.6 Å². The number of carbonyl (C=O) groups is 1. The first-order valence-electron chi connectivity index (χ1n) is 9.91. The molecular weight excluding hydrogens is 428 g/mol. The summed E-state index contributed by atoms with van der Waals surface area (Å²) >= 11 is 7.59. The molecule has 0 aliphatic carbocycles. The van der Waals surface area contributed by atoms with Crippen molar-refractivity contribution in [2.75, 3.05) is 11.1 Å². The lowest BCUT2D eigenvalue weighted by molar-refractivity contribution is -0.115. The first kappa shape index (κ1) is 21.2. The van der Waals surface area contributed by atoms with Crippen LogP contribution in [0.5, 0.6) is 0 Å². The molecule has 0 spiro atoms. The van der Waals surface area contributed by atoms with E-state index in [1.165, 1.54) is 11.8 Å². The maximum absolute atomic E-state index is 12.3. The average Bonchev–Trinajstić information content (AvgIpc) is 3.18. The summed E-state index contributed by atoms with van der Waals surface area (Å²) in [7, 11) is 0. The molecule has 1 N–H and O–H groups in total. The van der Waals surface area contributed by atoms with Crippen molar-refractivity contribution >= 4 is 35.0 Å². The summed E-state index contributed by atoms with van der Waals surface area (Å²) in [4.78, 5) is 12.3. The smallest absolute Gasteiger partial charge is 0.225 e. The van der Waals surface area contributed by atoms with E-state index in [0.717, 1.165) is 27.9 Å². The summed E-state index contributed by atoms with van der Waals surface area (Å²) in [6.45, 7) is 0. The number of benzene rings is 3. The largest absolute Gasteiger partial charge is 0.326 e. The second kappa shape index (κ2) is 10.3. The van der Waals surface area contributed by atoms with E-state index in [2.05, 4.69) is 27.6 Å². The van der Waals surface area contributed by atoms with E-state index in [1.807, 2.05) is 77.4 Å². The van der Waals surface area contributed by atoms with Crippen molar-refractivity contribution in [1.82, 2.24) is 14.8 Å². The van der Waals surface area contributed by atoms with Gasteiger partial charge in [0.1, 0.15) is 5.82 Å². The Bertz CT molecular complexity index is 1130. The molecule has 0 radical (unpaired) electrons. The maximum atomic E-state index is 12.3. The van der Waals surface area contributed by atoms with Gasteiger partial charge >= 0.3 is 0 Å². The number of rotatable bonds is 8. The predicted octanol–water partition coefficient (Wildman–Crippen LogP) is 5.63. The third-order valence-electron chi connectivity index (χ3n) is 4.61. The number of amides is 1. The van der Waals surface area contributed by atoms with E-state index in [-0.39, 0.29) is 5.91 Å². The first-order chi connectivity index (χ1) is 15.2. The molecular formula is C24H21ClN4OS. The van der Waals surface area contributed by atoms with Gasteiger partial charge in [0.15, 0.2) is 5.16 Å². The fourth-order valence-corrected chi connectivity index (χ4v) is 4.15. The normalized spacial score (nSPS) is 10.7. The average molecular weight is 449 g/mol. The number of thioether (sulfide) groups is 1. The Morgan fingerprint density at radius 2 is 1.58 bits per heavy atom. The lowest BCUT2D eigenvalue weighted by Gasteiger charge is -2.11. The van der Waals surface area contributed by atoms with Crippen LogP contribution in [0.25, 0.3) is 5.69 Å². The summed E-state index contributed by atoms with van der Waals surface area (Å²) in [6.07, 6.45) is 1.03. The van der Waals surface area contributed by atoms with Crippen LogP contribution < -0.4 is 5.32 Å². The number of carbonyl (C=O) groups excluding carboxylic acids is 1. The fraction of sp³-hybridized carbons (Fsp3) is 0.125. The Kier molecular flexibility index (Phi) is 7.02. The second-order valence-electron chi connectivity index (χ2n) is 6.89. The molecule has 0 saturated heterocycles. The number of anilines is 1. The molecule has 1 aromatic heterocycles. The number of para-hydroxylation sites is 1. The molecule has 0 atom stereocenters. The minimum Gasteiger partial charge on any atom is -0.326 e. The molecule has 0 fully saturated rings. The summed E-state index contributed by atoms with van der Waals surface area (Å²) in [6, 6.07) is 27.2. The summed E-state index contributed by atoms with van der Waals surface area (Å²) in [5.41, 5.74) is 2.90. The highest BCUT2D eigenvalue weighted by atomic mass is 35.5. The molecule has 4 aromatic rings. The van der Waals surface area contributed by atoms with Gasteiger partial charge < -0.3 is 5.32 Å². The quantitative estimate of drug-likeness (QED) is 0.355. The second-order valence-corrected chi connectivity index (χ2v) is 8.38. The van der Waals surface area contributed by atoms with Crippen molar-refractivity contribution in [3.05, 3.63) is 101 Å². The zero-order valence-electron chi connectivity index (χ0n) is 16.7. The van der Waals surface area contributed by atoms with Gasteiger partial charge in [-0.25, -0.2) is 0 Å². The van der Waals surface area contributed by atoms with Crippen LogP contribution in [0.15, 0.2) is 90.1 Å². The Morgan fingerprint density at radius 1 is 0.903 bits per heavy atom. The number of hydrogen-bond acceptors (Lipinski definition) is 4. The fourth-order valence-electron chi connectivity index (χ4n) is 3.12. The molecule has 1 heterocycles. The van der Waals surface area contributed by atoms with E-state index < -0.39 is 0 Å². The van der Waals surface area contributed by atoms with Crippen molar-refractivity contribution in [2.45, 2.75) is 18.0 Å². The van der Waals surface area contributed by atoms with Crippen LogP contribution >= 0.6 is 23.4 Å². The van der Waals surface area contributed by atoms with E-state index in [1.54, 1.807) is 0 Å². The monoisotopic (exact) mass is 448 g/mol. The van der Waals surface area contributed by atoms with E-state index in [0.29, 0.717) is 23.6 Å². The van der Waals surface area contributed by atoms with Gasteiger partial charge in [0, 0.05) is 35.0 Å². The minimum absolute atomic E-state index is 0.0271. The Morgan fingerprint density at radius 3 is 2.29 bits per heavy atom. The third-order valence-corrected chi connectivity index (χ3v) is 5.79. The van der Waals surface area contributed by atoms with Gasteiger partial charge in [0.2, 0.25) is 5.91 Å². The Balaban J connectivity index is 1.48. The Hall–Kier alpha value is -3.09. The topological polar surface area (TPSA) is 59.8 Å². The molecule has 7 heteroatoms. The van der Waals surface area contributed by atoms with Crippen molar-refractivity contribution in [2.24, 2.45) is 0 Å². The third kappa shape index (κ3) is 5.75. The first-order valence-corrected chi connectivity index (χ1v) is 11.3. The molecule has 1 amide bonds. The minimum atomic E-state index is -0.0271. The van der Waals surface area contributed by atoms with Gasteiger partial charge in [-0.3, -0.25) is 9.36 Å². The Labute approximate surface area is 190 Å². The van der Waals surface area contributed by atoms with Gasteiger partial charge in [-0.05, 0) is 42.0 Å². The SMILES string of the molecule is O=C(CCSc1nnc(Cc2ccccc2)n1-c1ccc(Cl)cc1)Nc1ccccc1. The molecule has 5 nitrogen and oxygen atoms in total. The van der Waals surface area contributed by atoms with Gasteiger partial charge in [0.25, 0.3) is 0 Å². The van der Waals surface area contributed by atoms with Crippen molar-refractivity contribution in [3.63, 3.8) is 0 Å². The predicted molar refractivity (Wildman–Crippen MR) is 126 cm³/mol.